The largest absolute Gasteiger partial charge is 0.368 e. The monoisotopic (exact) mass is 403 g/mol. The van der Waals surface area contributed by atoms with Crippen LogP contribution in [0.3, 0.4) is 0 Å². The molecular formula is C28H25N3. The summed E-state index contributed by atoms with van der Waals surface area (Å²) < 4.78 is 0. The van der Waals surface area contributed by atoms with E-state index < -0.39 is 0 Å². The molecule has 31 heavy (non-hydrogen) atoms. The molecule has 1 saturated heterocycles. The van der Waals surface area contributed by atoms with Crippen LogP contribution in [0.5, 0.6) is 0 Å². The van der Waals surface area contributed by atoms with Crippen molar-refractivity contribution in [3.05, 3.63) is 85.1 Å². The standard InChI is InChI=1S/C28H25N3/c1-30-14-16-31(17-15-30)27-11-10-24(28-23-9-5-4-6-20(23)12-13-29-28)25-18-21-7-2-3-8-22(21)19-26(25)27/h2-13,18-19H,14-17H2,1H3. The summed E-state index contributed by atoms with van der Waals surface area (Å²) in [6.45, 7) is 4.32. The molecule has 0 amide bonds. The molecule has 0 unspecified atom stereocenters. The maximum absolute atomic E-state index is 4.84. The highest BCUT2D eigenvalue weighted by atomic mass is 15.2. The van der Waals surface area contributed by atoms with Gasteiger partial charge >= 0.3 is 0 Å². The summed E-state index contributed by atoms with van der Waals surface area (Å²) in [5.74, 6) is 0. The molecule has 0 aliphatic carbocycles. The van der Waals surface area contributed by atoms with E-state index in [-0.39, 0.29) is 0 Å². The molecular weight excluding hydrogens is 378 g/mol. The molecule has 1 aliphatic heterocycles. The van der Waals surface area contributed by atoms with Crippen LogP contribution in [0.4, 0.5) is 5.69 Å². The Bertz CT molecular complexity index is 1410. The molecule has 152 valence electrons. The molecule has 0 N–H and O–H groups in total. The lowest BCUT2D eigenvalue weighted by Crippen LogP contribution is -2.44. The second-order valence-corrected chi connectivity index (χ2v) is 8.55. The van der Waals surface area contributed by atoms with Gasteiger partial charge in [0.2, 0.25) is 0 Å². The predicted molar refractivity (Wildman–Crippen MR) is 132 cm³/mol. The summed E-state index contributed by atoms with van der Waals surface area (Å²) in [7, 11) is 2.21. The fourth-order valence-electron chi connectivity index (χ4n) is 4.88. The molecule has 0 bridgehead atoms. The molecule has 0 radical (unpaired) electrons. The molecule has 3 nitrogen and oxygen atoms in total. The molecule has 3 heteroatoms. The Hall–Kier alpha value is -3.43. The third kappa shape index (κ3) is 3.13. The summed E-state index contributed by atoms with van der Waals surface area (Å²) in [6.07, 6.45) is 1.93. The number of fused-ring (bicyclic) bond motifs is 3. The normalized spacial score (nSPS) is 15.2. The predicted octanol–water partition coefficient (Wildman–Crippen LogP) is 5.96. The van der Waals surface area contributed by atoms with Crippen molar-refractivity contribution in [1.82, 2.24) is 9.88 Å². The summed E-state index contributed by atoms with van der Waals surface area (Å²) in [5, 5.41) is 7.58. The van der Waals surface area contributed by atoms with Crippen molar-refractivity contribution in [3.8, 4) is 11.3 Å². The Morgan fingerprint density at radius 3 is 2.10 bits per heavy atom. The van der Waals surface area contributed by atoms with Crippen molar-refractivity contribution in [3.63, 3.8) is 0 Å². The average Bonchev–Trinajstić information content (AvgIpc) is 2.82. The molecule has 1 fully saturated rings. The van der Waals surface area contributed by atoms with Crippen LogP contribution in [-0.4, -0.2) is 43.1 Å². The minimum absolute atomic E-state index is 1.06. The fraction of sp³-hybridized carbons (Fsp3) is 0.179. The number of hydrogen-bond donors (Lipinski definition) is 0. The Kier molecular flexibility index (Phi) is 4.36. The third-order valence-corrected chi connectivity index (χ3v) is 6.63. The van der Waals surface area contributed by atoms with Gasteiger partial charge in [0, 0.05) is 54.4 Å². The second-order valence-electron chi connectivity index (χ2n) is 8.55. The third-order valence-electron chi connectivity index (χ3n) is 6.63. The molecule has 0 spiro atoms. The number of rotatable bonds is 2. The van der Waals surface area contributed by atoms with Gasteiger partial charge in [0.05, 0.1) is 5.69 Å². The van der Waals surface area contributed by atoms with Gasteiger partial charge in [-0.05, 0) is 52.9 Å². The van der Waals surface area contributed by atoms with Gasteiger partial charge in [0.25, 0.3) is 0 Å². The van der Waals surface area contributed by atoms with Crippen molar-refractivity contribution in [2.75, 3.05) is 38.1 Å². The van der Waals surface area contributed by atoms with E-state index in [0.717, 1.165) is 31.9 Å². The molecule has 1 aliphatic rings. The number of piperazine rings is 1. The maximum Gasteiger partial charge on any atom is 0.0786 e. The minimum Gasteiger partial charge on any atom is -0.368 e. The first kappa shape index (κ1) is 18.3. The molecule has 5 aromatic rings. The van der Waals surface area contributed by atoms with Gasteiger partial charge in [0.15, 0.2) is 0 Å². The number of aromatic nitrogens is 1. The molecule has 0 atom stereocenters. The van der Waals surface area contributed by atoms with Crippen LogP contribution in [0.25, 0.3) is 43.6 Å². The lowest BCUT2D eigenvalue weighted by Gasteiger charge is -2.35. The van der Waals surface area contributed by atoms with E-state index in [1.807, 2.05) is 6.20 Å². The van der Waals surface area contributed by atoms with Crippen LogP contribution in [0.15, 0.2) is 85.1 Å². The van der Waals surface area contributed by atoms with Gasteiger partial charge in [-0.2, -0.15) is 0 Å². The Morgan fingerprint density at radius 2 is 1.32 bits per heavy atom. The number of benzene rings is 4. The Balaban J connectivity index is 1.64. The summed E-state index contributed by atoms with van der Waals surface area (Å²) in [5.41, 5.74) is 3.59. The van der Waals surface area contributed by atoms with Crippen molar-refractivity contribution in [1.29, 1.82) is 0 Å². The second kappa shape index (κ2) is 7.36. The average molecular weight is 404 g/mol. The van der Waals surface area contributed by atoms with E-state index in [2.05, 4.69) is 95.7 Å². The van der Waals surface area contributed by atoms with Gasteiger partial charge < -0.3 is 9.80 Å². The molecule has 0 saturated carbocycles. The molecule has 6 rings (SSSR count). The van der Waals surface area contributed by atoms with Gasteiger partial charge in [-0.3, -0.25) is 4.98 Å². The molecule has 1 aromatic heterocycles. The summed E-state index contributed by atoms with van der Waals surface area (Å²) in [4.78, 5) is 9.78. The first-order valence-corrected chi connectivity index (χ1v) is 11.0. The fourth-order valence-corrected chi connectivity index (χ4v) is 4.88. The Labute approximate surface area is 182 Å². The van der Waals surface area contributed by atoms with Crippen molar-refractivity contribution < 1.29 is 0 Å². The first-order chi connectivity index (χ1) is 15.3. The zero-order valence-corrected chi connectivity index (χ0v) is 17.8. The highest BCUT2D eigenvalue weighted by Crippen LogP contribution is 2.39. The van der Waals surface area contributed by atoms with E-state index in [9.17, 15) is 0 Å². The van der Waals surface area contributed by atoms with E-state index in [1.54, 1.807) is 0 Å². The number of likely N-dealkylation sites (N-methyl/N-ethyl adjacent to an activating group) is 1. The molecule has 2 heterocycles. The lowest BCUT2D eigenvalue weighted by molar-refractivity contribution is 0.313. The highest BCUT2D eigenvalue weighted by Gasteiger charge is 2.19. The van der Waals surface area contributed by atoms with E-state index in [4.69, 9.17) is 4.98 Å². The van der Waals surface area contributed by atoms with E-state index in [1.165, 1.54) is 43.6 Å². The highest BCUT2D eigenvalue weighted by molar-refractivity contribution is 6.12. The van der Waals surface area contributed by atoms with Crippen LogP contribution >= 0.6 is 0 Å². The zero-order valence-electron chi connectivity index (χ0n) is 17.8. The number of nitrogens with zero attached hydrogens (tertiary/aromatic N) is 3. The zero-order chi connectivity index (χ0) is 20.8. The van der Waals surface area contributed by atoms with Gasteiger partial charge in [-0.15, -0.1) is 0 Å². The van der Waals surface area contributed by atoms with Crippen LogP contribution in [0, 0.1) is 0 Å². The first-order valence-electron chi connectivity index (χ1n) is 11.0. The lowest BCUT2D eigenvalue weighted by atomic mass is 9.94. The van der Waals surface area contributed by atoms with Gasteiger partial charge in [-0.1, -0.05) is 54.6 Å². The summed E-state index contributed by atoms with van der Waals surface area (Å²) in [6, 6.07) is 28.6. The number of pyridine rings is 1. The van der Waals surface area contributed by atoms with Crippen LogP contribution in [0.2, 0.25) is 0 Å². The van der Waals surface area contributed by atoms with Gasteiger partial charge in [-0.25, -0.2) is 0 Å². The SMILES string of the molecule is CN1CCN(c2ccc(-c3nccc4ccccc34)c3cc4ccccc4cc23)CC1. The van der Waals surface area contributed by atoms with E-state index in [0.29, 0.717) is 0 Å². The Morgan fingerprint density at radius 1 is 0.645 bits per heavy atom. The van der Waals surface area contributed by atoms with Crippen LogP contribution < -0.4 is 4.90 Å². The summed E-state index contributed by atoms with van der Waals surface area (Å²) >= 11 is 0. The van der Waals surface area contributed by atoms with Crippen LogP contribution in [0.1, 0.15) is 0 Å². The van der Waals surface area contributed by atoms with Gasteiger partial charge in [0.1, 0.15) is 0 Å². The number of hydrogen-bond acceptors (Lipinski definition) is 3. The topological polar surface area (TPSA) is 19.4 Å². The maximum atomic E-state index is 4.84. The number of anilines is 1. The van der Waals surface area contributed by atoms with Crippen molar-refractivity contribution >= 4 is 38.0 Å². The van der Waals surface area contributed by atoms with Crippen molar-refractivity contribution in [2.24, 2.45) is 0 Å². The minimum atomic E-state index is 1.06. The van der Waals surface area contributed by atoms with E-state index >= 15 is 0 Å². The molecule has 4 aromatic carbocycles. The quantitative estimate of drug-likeness (QED) is 0.339. The van der Waals surface area contributed by atoms with Crippen LogP contribution in [-0.2, 0) is 0 Å². The smallest absolute Gasteiger partial charge is 0.0786 e. The van der Waals surface area contributed by atoms with Crippen molar-refractivity contribution in [2.45, 2.75) is 0 Å².